The summed E-state index contributed by atoms with van der Waals surface area (Å²) in [6.07, 6.45) is 6.41. The largest absolute Gasteiger partial charge is 1.00 e. The van der Waals surface area contributed by atoms with Gasteiger partial charge < -0.3 is 0 Å². The van der Waals surface area contributed by atoms with Gasteiger partial charge in [-0.25, -0.2) is 0 Å². The van der Waals surface area contributed by atoms with Crippen LogP contribution in [-0.4, -0.2) is 0 Å². The van der Waals surface area contributed by atoms with Crippen LogP contribution in [-0.2, 0) is 0 Å². The summed E-state index contributed by atoms with van der Waals surface area (Å²) in [7, 11) is 0. The number of hydrogen-bond acceptors (Lipinski definition) is 0. The van der Waals surface area contributed by atoms with E-state index in [1.807, 2.05) is 0 Å². The summed E-state index contributed by atoms with van der Waals surface area (Å²) < 4.78 is 0. The van der Waals surface area contributed by atoms with Gasteiger partial charge in [0.1, 0.15) is 0 Å². The van der Waals surface area contributed by atoms with E-state index in [0.29, 0.717) is 0 Å². The molecule has 8 heavy (non-hydrogen) atoms. The Hall–Kier alpha value is 1.00. The van der Waals surface area contributed by atoms with E-state index in [-0.39, 0.29) is 29.6 Å². The molecule has 1 fully saturated rings. The molecule has 0 nitrogen and oxygen atoms in total. The van der Waals surface area contributed by atoms with E-state index < -0.39 is 0 Å². The number of rotatable bonds is 0. The fourth-order valence-corrected chi connectivity index (χ4v) is 0.718. The van der Waals surface area contributed by atoms with Crippen molar-refractivity contribution in [2.24, 2.45) is 0 Å². The molecular weight excluding hydrogens is 107 g/mol. The summed E-state index contributed by atoms with van der Waals surface area (Å²) in [5, 5.41) is 0. The van der Waals surface area contributed by atoms with Gasteiger partial charge in [-0.2, -0.15) is 0 Å². The zero-order valence-electron chi connectivity index (χ0n) is 5.73. The molecule has 0 spiro atoms. The molecule has 5 radical (unpaired) electrons. The van der Waals surface area contributed by atoms with E-state index in [0.717, 1.165) is 0 Å². The van der Waals surface area contributed by atoms with E-state index in [4.69, 9.17) is 0 Å². The van der Waals surface area contributed by atoms with E-state index in [9.17, 15) is 0 Å². The molecule has 1 heteroatoms. The quantitative estimate of drug-likeness (QED) is 0.349. The van der Waals surface area contributed by atoms with Crippen LogP contribution in [0.5, 0.6) is 0 Å². The Bertz CT molecular complexity index is 53.4. The van der Waals surface area contributed by atoms with Gasteiger partial charge in [-0.05, 0) is 31.1 Å². The van der Waals surface area contributed by atoms with Crippen LogP contribution in [0.4, 0.5) is 0 Å². The summed E-state index contributed by atoms with van der Waals surface area (Å²) in [6, 6.07) is 0. The van der Waals surface area contributed by atoms with Gasteiger partial charge in [0.15, 0.2) is 0 Å². The summed E-state index contributed by atoms with van der Waals surface area (Å²) in [5.74, 6) is 2.72. The van der Waals surface area contributed by atoms with Crippen molar-refractivity contribution in [3.05, 3.63) is 31.1 Å². The fourth-order valence-electron chi connectivity index (χ4n) is 0.718. The van der Waals surface area contributed by atoms with Crippen LogP contribution in [0.25, 0.3) is 0 Å². The molecule has 1 saturated carbocycles. The molecule has 0 heterocycles. The molecule has 0 unspecified atom stereocenters. The monoisotopic (exact) mass is 116 g/mol. The summed E-state index contributed by atoms with van der Waals surface area (Å²) in [4.78, 5) is 0. The predicted molar refractivity (Wildman–Crippen MR) is 30.7 cm³/mol. The smallest absolute Gasteiger partial charge is 0.0585 e. The van der Waals surface area contributed by atoms with Crippen molar-refractivity contribution in [3.63, 3.8) is 0 Å². The topological polar surface area (TPSA) is 0 Å². The number of hydrogen-bond donors (Lipinski definition) is 0. The second-order valence-electron chi connectivity index (χ2n) is 1.97. The molecule has 0 aromatic rings. The van der Waals surface area contributed by atoms with Gasteiger partial charge >= 0.3 is 29.6 Å². The first kappa shape index (κ1) is 9.00. The van der Waals surface area contributed by atoms with Crippen molar-refractivity contribution in [3.8, 4) is 0 Å². The first-order valence-electron chi connectivity index (χ1n) is 2.49. The van der Waals surface area contributed by atoms with Crippen LogP contribution in [0.3, 0.4) is 0 Å². The van der Waals surface area contributed by atoms with Crippen LogP contribution in [0.15, 0.2) is 0 Å². The summed E-state index contributed by atoms with van der Waals surface area (Å²) >= 11 is 0. The minimum absolute atomic E-state index is 0. The van der Waals surface area contributed by atoms with Crippen LogP contribution in [0, 0.1) is 31.1 Å². The van der Waals surface area contributed by atoms with Gasteiger partial charge in [0.05, 0.1) is 0 Å². The summed E-state index contributed by atoms with van der Waals surface area (Å²) in [5.41, 5.74) is 0. The molecular formula is C7H9Na+. The zero-order chi connectivity index (χ0) is 5.28. The molecule has 0 atom stereocenters. The van der Waals surface area contributed by atoms with Crippen LogP contribution >= 0.6 is 0 Å². The van der Waals surface area contributed by atoms with Crippen molar-refractivity contribution >= 4 is 0 Å². The third-order valence-electron chi connectivity index (χ3n) is 1.06. The van der Waals surface area contributed by atoms with Gasteiger partial charge in [0.25, 0.3) is 0 Å². The minimum Gasteiger partial charge on any atom is -0.0585 e. The Morgan fingerprint density at radius 3 is 1.50 bits per heavy atom. The molecule has 0 aromatic carbocycles. The molecule has 0 aliphatic heterocycles. The van der Waals surface area contributed by atoms with Gasteiger partial charge in [-0.3, -0.25) is 0 Å². The average molecular weight is 116 g/mol. The van der Waals surface area contributed by atoms with Crippen molar-refractivity contribution in [2.45, 2.75) is 13.8 Å². The second-order valence-corrected chi connectivity index (χ2v) is 1.97. The molecule has 37 valence electrons. The fraction of sp³-hybridized carbons (Fsp3) is 0.286. The van der Waals surface area contributed by atoms with Crippen LogP contribution in [0.1, 0.15) is 13.8 Å². The Morgan fingerprint density at radius 2 is 1.38 bits per heavy atom. The molecule has 1 aliphatic carbocycles. The standard InChI is InChI=1S/C7H9.Na/c1-6-3-4-7(2)5-6;/h3-5H,1-2H3;/q;+1. The maximum absolute atomic E-state index is 2.17. The maximum atomic E-state index is 2.17. The van der Waals surface area contributed by atoms with Gasteiger partial charge in [-0.15, -0.1) is 0 Å². The van der Waals surface area contributed by atoms with Crippen molar-refractivity contribution in [1.29, 1.82) is 0 Å². The zero-order valence-corrected chi connectivity index (χ0v) is 7.73. The second kappa shape index (κ2) is 3.92. The molecule has 0 aromatic heterocycles. The normalized spacial score (nSPS) is 23.2. The van der Waals surface area contributed by atoms with Crippen molar-refractivity contribution in [1.82, 2.24) is 0 Å². The average Bonchev–Trinajstić information content (AvgIpc) is 1.87. The molecule has 0 N–H and O–H groups in total. The molecule has 0 bridgehead atoms. The Morgan fingerprint density at radius 1 is 1.00 bits per heavy atom. The van der Waals surface area contributed by atoms with Crippen LogP contribution in [0.2, 0.25) is 0 Å². The molecule has 0 saturated heterocycles. The maximum Gasteiger partial charge on any atom is 1.00 e. The third-order valence-corrected chi connectivity index (χ3v) is 1.06. The molecule has 0 amide bonds. The van der Waals surface area contributed by atoms with E-state index in [2.05, 4.69) is 33.1 Å². The summed E-state index contributed by atoms with van der Waals surface area (Å²) in [6.45, 7) is 4.21. The third kappa shape index (κ3) is 2.52. The molecule has 1 rings (SSSR count). The van der Waals surface area contributed by atoms with E-state index in [1.54, 1.807) is 0 Å². The first-order valence-corrected chi connectivity index (χ1v) is 2.49. The Balaban J connectivity index is 0.000000490. The van der Waals surface area contributed by atoms with E-state index >= 15 is 0 Å². The Labute approximate surface area is 74.3 Å². The van der Waals surface area contributed by atoms with Gasteiger partial charge in [0.2, 0.25) is 0 Å². The van der Waals surface area contributed by atoms with Crippen LogP contribution < -0.4 is 29.6 Å². The van der Waals surface area contributed by atoms with Gasteiger partial charge in [0, 0.05) is 0 Å². The first-order chi connectivity index (χ1) is 3.29. The van der Waals surface area contributed by atoms with E-state index in [1.165, 1.54) is 11.8 Å². The Kier molecular flexibility index (Phi) is 4.41. The SMILES string of the molecule is C[C]1[CH][CH][C](C)[CH]1.[Na+]. The minimum atomic E-state index is 0. The predicted octanol–water partition coefficient (Wildman–Crippen LogP) is -1.19. The molecule has 1 aliphatic rings. The van der Waals surface area contributed by atoms with Crippen molar-refractivity contribution in [2.75, 3.05) is 0 Å². The van der Waals surface area contributed by atoms with Crippen molar-refractivity contribution < 1.29 is 29.6 Å². The van der Waals surface area contributed by atoms with Gasteiger partial charge in [-0.1, -0.05) is 13.8 Å².